The van der Waals surface area contributed by atoms with Crippen molar-refractivity contribution in [1.82, 2.24) is 0 Å². The standard InChI is InChI=1S/C32H44ClNO14S.4Ac/c1-17-6-9-20(10-7-17)49(40,41)45-16-24-29(47-30(42-5)27(38)25(36)23-12-13-44-32(3,4)48-23)26(37)28(39)31(46-24)43-15-19-8-11-21(33)22(14-19)34-18(2)35;;;;/h6-11,14,23-31,36-39H,12-13,15-16H2,1-5H3,(H,34,35);;;;. The minimum atomic E-state index is -4.33. The first kappa shape index (κ1) is 56.5. The van der Waals surface area contributed by atoms with Crippen molar-refractivity contribution in [3.63, 3.8) is 0 Å². The fraction of sp³-hybridized carbons (Fsp3) is 0.594. The van der Waals surface area contributed by atoms with Crippen LogP contribution in [-0.2, 0) is 54.1 Å². The van der Waals surface area contributed by atoms with E-state index in [0.29, 0.717) is 11.3 Å². The molecule has 286 valence electrons. The van der Waals surface area contributed by atoms with Gasteiger partial charge in [-0.3, -0.25) is 8.98 Å². The molecule has 9 unspecified atom stereocenters. The Labute approximate surface area is 458 Å². The van der Waals surface area contributed by atoms with Crippen molar-refractivity contribution in [1.29, 1.82) is 0 Å². The van der Waals surface area contributed by atoms with Gasteiger partial charge in [-0.1, -0.05) is 35.4 Å². The van der Waals surface area contributed by atoms with Crippen molar-refractivity contribution < 1.29 is 242 Å². The minimum absolute atomic E-state index is 0. The van der Waals surface area contributed by atoms with Crippen LogP contribution in [0.5, 0.6) is 0 Å². The molecule has 5 N–H and O–H groups in total. The van der Waals surface area contributed by atoms with Crippen LogP contribution in [-0.4, -0.2) is 116 Å². The van der Waals surface area contributed by atoms with Crippen LogP contribution >= 0.6 is 11.6 Å². The number of aliphatic hydroxyl groups excluding tert-OH is 4. The van der Waals surface area contributed by atoms with E-state index in [9.17, 15) is 33.6 Å². The SMILES string of the molecule is COC(OC1C(COS(=O)(=O)c2ccc(C)cc2)OC(OCc2ccc(Cl)c(NC(C)=O)c2)C(O)C1O)C(O)C(O)C1CCOC(C)(C)O1.[Ac].[Ac].[Ac].[Ac]. The second-order valence-electron chi connectivity index (χ2n) is 12.3. The number of halogens is 1. The second-order valence-corrected chi connectivity index (χ2v) is 14.3. The van der Waals surface area contributed by atoms with Crippen molar-refractivity contribution in [2.45, 2.75) is 107 Å². The van der Waals surface area contributed by atoms with Crippen LogP contribution < -0.4 is 5.32 Å². The zero-order valence-electron chi connectivity index (χ0n) is 30.0. The molecule has 53 heavy (non-hydrogen) atoms. The van der Waals surface area contributed by atoms with Crippen molar-refractivity contribution in [2.75, 3.05) is 25.6 Å². The third kappa shape index (κ3) is 16.7. The fourth-order valence-electron chi connectivity index (χ4n) is 5.33. The van der Waals surface area contributed by atoms with E-state index in [4.69, 9.17) is 44.2 Å². The summed E-state index contributed by atoms with van der Waals surface area (Å²) in [6, 6.07) is 10.6. The van der Waals surface area contributed by atoms with E-state index in [1.54, 1.807) is 45.0 Å². The number of rotatable bonds is 14. The molecule has 15 nitrogen and oxygen atoms in total. The Bertz CT molecular complexity index is 1530. The van der Waals surface area contributed by atoms with Crippen LogP contribution in [0.3, 0.4) is 0 Å². The molecule has 2 aliphatic rings. The summed E-state index contributed by atoms with van der Waals surface area (Å²) in [6.07, 6.45) is -13.6. The maximum atomic E-state index is 13.0. The molecule has 2 aliphatic heterocycles. The van der Waals surface area contributed by atoms with Gasteiger partial charge in [-0.05, 0) is 57.0 Å². The molecule has 1 amide bonds. The average molecular weight is 1640 g/mol. The average Bonchev–Trinajstić information content (AvgIpc) is 3.04. The molecule has 0 aliphatic carbocycles. The fourth-order valence-corrected chi connectivity index (χ4v) is 6.41. The molecular formula is C32H44Ac4ClNO14S. The van der Waals surface area contributed by atoms with Crippen LogP contribution in [0.4, 0.5) is 5.69 Å². The Morgan fingerprint density at radius 3 is 2.28 bits per heavy atom. The van der Waals surface area contributed by atoms with Gasteiger partial charge in [0.2, 0.25) is 5.91 Å². The van der Waals surface area contributed by atoms with Gasteiger partial charge in [-0.15, -0.1) is 0 Å². The Morgan fingerprint density at radius 1 is 1.06 bits per heavy atom. The van der Waals surface area contributed by atoms with Gasteiger partial charge in [0.25, 0.3) is 10.1 Å². The molecule has 2 fully saturated rings. The number of amides is 1. The summed E-state index contributed by atoms with van der Waals surface area (Å²) in [7, 11) is -3.15. The molecule has 21 heteroatoms. The first-order chi connectivity index (χ1) is 23.0. The largest absolute Gasteiger partial charge is 0.387 e. The quantitative estimate of drug-likeness (QED) is 0.135. The van der Waals surface area contributed by atoms with Gasteiger partial charge in [0, 0.05) is 190 Å². The first-order valence-corrected chi connectivity index (χ1v) is 17.3. The zero-order valence-corrected chi connectivity index (χ0v) is 50.6. The summed E-state index contributed by atoms with van der Waals surface area (Å²) < 4.78 is 65.5. The predicted octanol–water partition coefficient (Wildman–Crippen LogP) is 1.60. The van der Waals surface area contributed by atoms with Gasteiger partial charge in [-0.2, -0.15) is 8.42 Å². The van der Waals surface area contributed by atoms with Crippen molar-refractivity contribution in [2.24, 2.45) is 0 Å². The molecule has 2 aromatic carbocycles. The third-order valence-corrected chi connectivity index (χ3v) is 9.54. The monoisotopic (exact) mass is 1640 g/mol. The molecule has 0 saturated carbocycles. The maximum absolute atomic E-state index is 13.0. The molecule has 9 atom stereocenters. The number of benzene rings is 2. The van der Waals surface area contributed by atoms with Crippen LogP contribution in [0.1, 0.15) is 38.3 Å². The van der Waals surface area contributed by atoms with Crippen LogP contribution in [0.2, 0.25) is 5.02 Å². The van der Waals surface area contributed by atoms with Gasteiger partial charge in [0.1, 0.15) is 36.6 Å². The van der Waals surface area contributed by atoms with Gasteiger partial charge >= 0.3 is 0 Å². The van der Waals surface area contributed by atoms with Gasteiger partial charge < -0.3 is 54.2 Å². The summed E-state index contributed by atoms with van der Waals surface area (Å²) >= 11 is 6.16. The van der Waals surface area contributed by atoms with E-state index in [-0.39, 0.29) is 212 Å². The molecule has 4 radical (unpaired) electrons. The van der Waals surface area contributed by atoms with E-state index >= 15 is 0 Å². The minimum Gasteiger partial charge on any atom is -0.387 e. The van der Waals surface area contributed by atoms with Crippen molar-refractivity contribution >= 4 is 33.3 Å². The van der Waals surface area contributed by atoms with Gasteiger partial charge in [0.15, 0.2) is 18.4 Å². The van der Waals surface area contributed by atoms with E-state index in [1.807, 2.05) is 0 Å². The van der Waals surface area contributed by atoms with Gasteiger partial charge in [0.05, 0.1) is 41.5 Å². The number of carbonyl (C=O) groups excluding carboxylic acids is 1. The first-order valence-electron chi connectivity index (χ1n) is 15.5. The number of nitrogens with one attached hydrogen (secondary N) is 1. The van der Waals surface area contributed by atoms with Crippen LogP contribution in [0.15, 0.2) is 47.4 Å². The summed E-state index contributed by atoms with van der Waals surface area (Å²) in [6.45, 7) is 5.77. The molecular weight excluding hydrogens is 1600 g/mol. The molecule has 2 heterocycles. The molecule has 0 aromatic heterocycles. The van der Waals surface area contributed by atoms with E-state index in [1.165, 1.54) is 32.2 Å². The van der Waals surface area contributed by atoms with Crippen molar-refractivity contribution in [3.05, 3.63) is 58.6 Å². The summed E-state index contributed by atoms with van der Waals surface area (Å²) in [5, 5.41) is 47.2. The normalized spacial score (nSPS) is 25.5. The Hall–Kier alpha value is 3.48. The Kier molecular flexibility index (Phi) is 27.8. The van der Waals surface area contributed by atoms with Gasteiger partial charge in [-0.25, -0.2) is 0 Å². The summed E-state index contributed by atoms with van der Waals surface area (Å²) in [5.74, 6) is -1.37. The zero-order chi connectivity index (χ0) is 36.1. The Morgan fingerprint density at radius 2 is 1.70 bits per heavy atom. The Balaban J connectivity index is 0.00000676. The molecule has 4 rings (SSSR count). The number of aliphatic hydroxyl groups is 4. The number of methoxy groups -OCH3 is 1. The summed E-state index contributed by atoms with van der Waals surface area (Å²) in [4.78, 5) is 11.4. The molecule has 0 bridgehead atoms. The molecule has 2 saturated heterocycles. The van der Waals surface area contributed by atoms with Crippen LogP contribution in [0, 0.1) is 183 Å². The maximum Gasteiger partial charge on any atom is 0.297 e. The number of aryl methyl sites for hydroxylation is 1. The van der Waals surface area contributed by atoms with E-state index in [2.05, 4.69) is 5.32 Å². The number of ether oxygens (including phenoxy) is 6. The van der Waals surface area contributed by atoms with E-state index in [0.717, 1.165) is 5.56 Å². The number of hydrogen-bond acceptors (Lipinski definition) is 14. The second kappa shape index (κ2) is 26.1. The summed E-state index contributed by atoms with van der Waals surface area (Å²) in [5.41, 5.74) is 1.66. The van der Waals surface area contributed by atoms with Crippen LogP contribution in [0.25, 0.3) is 0 Å². The number of anilines is 1. The van der Waals surface area contributed by atoms with E-state index < -0.39 is 77.8 Å². The molecule has 0 spiro atoms. The predicted molar refractivity (Wildman–Crippen MR) is 173 cm³/mol. The topological polar surface area (TPSA) is 209 Å². The smallest absolute Gasteiger partial charge is 0.297 e. The number of hydrogen-bond donors (Lipinski definition) is 5. The number of carbonyl (C=O) groups is 1. The van der Waals surface area contributed by atoms with Crippen molar-refractivity contribution in [3.8, 4) is 0 Å². The third-order valence-electron chi connectivity index (χ3n) is 7.91. The molecule has 2 aromatic rings.